The molecule has 0 radical (unpaired) electrons. The van der Waals surface area contributed by atoms with Crippen molar-refractivity contribution < 1.29 is 9.53 Å². The fourth-order valence-electron chi connectivity index (χ4n) is 1.10. The maximum atomic E-state index is 10.8. The molecule has 0 rings (SSSR count). The summed E-state index contributed by atoms with van der Waals surface area (Å²) in [4.78, 5) is 10.8. The van der Waals surface area contributed by atoms with Gasteiger partial charge >= 0.3 is 0 Å². The quantitative estimate of drug-likeness (QED) is 0.534. The number of ether oxygens (including phenoxy) is 1. The molecular formula is C11H24N2O2. The zero-order valence-corrected chi connectivity index (χ0v) is 9.97. The minimum atomic E-state index is 0.0849. The van der Waals surface area contributed by atoms with E-state index in [1.165, 1.54) is 6.42 Å². The lowest BCUT2D eigenvalue weighted by molar-refractivity contribution is -0.120. The molecule has 0 heterocycles. The summed E-state index contributed by atoms with van der Waals surface area (Å²) in [5, 5.41) is 5.79. The highest BCUT2D eigenvalue weighted by Crippen LogP contribution is 1.89. The van der Waals surface area contributed by atoms with Gasteiger partial charge in [0.25, 0.3) is 0 Å². The molecule has 90 valence electrons. The van der Waals surface area contributed by atoms with Crippen LogP contribution in [0, 0.1) is 0 Å². The predicted molar refractivity (Wildman–Crippen MR) is 61.9 cm³/mol. The van der Waals surface area contributed by atoms with Gasteiger partial charge in [-0.2, -0.15) is 0 Å². The molecule has 0 bridgehead atoms. The van der Waals surface area contributed by atoms with E-state index in [9.17, 15) is 4.79 Å². The molecule has 0 aromatic carbocycles. The van der Waals surface area contributed by atoms with Crippen LogP contribution in [0.15, 0.2) is 0 Å². The first-order valence-corrected chi connectivity index (χ1v) is 5.80. The molecular weight excluding hydrogens is 192 g/mol. The van der Waals surface area contributed by atoms with E-state index in [0.717, 1.165) is 39.1 Å². The summed E-state index contributed by atoms with van der Waals surface area (Å²) in [6.45, 7) is 5.50. The Morgan fingerprint density at radius 3 is 2.60 bits per heavy atom. The van der Waals surface area contributed by atoms with Crippen LogP contribution in [0.5, 0.6) is 0 Å². The molecule has 2 N–H and O–H groups in total. The van der Waals surface area contributed by atoms with Crippen molar-refractivity contribution in [1.82, 2.24) is 10.6 Å². The third-order valence-corrected chi connectivity index (χ3v) is 2.09. The Hall–Kier alpha value is -0.610. The monoisotopic (exact) mass is 216 g/mol. The minimum absolute atomic E-state index is 0.0849. The molecule has 0 spiro atoms. The van der Waals surface area contributed by atoms with Crippen molar-refractivity contribution in [2.45, 2.75) is 32.6 Å². The van der Waals surface area contributed by atoms with Gasteiger partial charge in [-0.1, -0.05) is 13.3 Å². The number of unbranched alkanes of at least 4 members (excludes halogenated alkanes) is 1. The van der Waals surface area contributed by atoms with E-state index in [4.69, 9.17) is 4.74 Å². The molecule has 0 fully saturated rings. The fourth-order valence-corrected chi connectivity index (χ4v) is 1.10. The maximum absolute atomic E-state index is 10.8. The van der Waals surface area contributed by atoms with Crippen LogP contribution in [-0.4, -0.2) is 39.3 Å². The average Bonchev–Trinajstić information content (AvgIpc) is 2.26. The summed E-state index contributed by atoms with van der Waals surface area (Å²) >= 11 is 0. The van der Waals surface area contributed by atoms with Crippen LogP contribution in [0.3, 0.4) is 0 Å². The zero-order valence-electron chi connectivity index (χ0n) is 9.97. The summed E-state index contributed by atoms with van der Waals surface area (Å²) in [5.74, 6) is 0.0849. The van der Waals surface area contributed by atoms with Crippen molar-refractivity contribution in [2.24, 2.45) is 0 Å². The standard InChI is InChI=1S/C11H24N2O2/c1-3-4-9-15-10-5-7-13-8-6-11(14)12-2/h13H,3-10H2,1-2H3,(H,12,14). The Labute approximate surface area is 92.8 Å². The predicted octanol–water partition coefficient (Wildman–Crippen LogP) is 0.919. The Morgan fingerprint density at radius 1 is 1.20 bits per heavy atom. The second kappa shape index (κ2) is 11.5. The highest BCUT2D eigenvalue weighted by atomic mass is 16.5. The van der Waals surface area contributed by atoms with Crippen molar-refractivity contribution in [1.29, 1.82) is 0 Å². The van der Waals surface area contributed by atoms with Crippen LogP contribution >= 0.6 is 0 Å². The van der Waals surface area contributed by atoms with Gasteiger partial charge in [0.2, 0.25) is 5.91 Å². The summed E-state index contributed by atoms with van der Waals surface area (Å²) in [6.07, 6.45) is 3.89. The van der Waals surface area contributed by atoms with Gasteiger partial charge in [0.1, 0.15) is 0 Å². The molecule has 4 nitrogen and oxygen atoms in total. The Morgan fingerprint density at radius 2 is 1.93 bits per heavy atom. The number of nitrogens with one attached hydrogen (secondary N) is 2. The molecule has 0 aliphatic carbocycles. The summed E-state index contributed by atoms with van der Waals surface area (Å²) in [5.41, 5.74) is 0. The molecule has 0 atom stereocenters. The van der Waals surface area contributed by atoms with Crippen molar-refractivity contribution >= 4 is 5.91 Å². The SMILES string of the molecule is CCCCOCCCNCCC(=O)NC. The second-order valence-corrected chi connectivity index (χ2v) is 3.49. The largest absolute Gasteiger partial charge is 0.381 e. The zero-order chi connectivity index (χ0) is 11.4. The van der Waals surface area contributed by atoms with Crippen LogP contribution in [0.1, 0.15) is 32.6 Å². The van der Waals surface area contributed by atoms with Gasteiger partial charge in [-0.25, -0.2) is 0 Å². The smallest absolute Gasteiger partial charge is 0.221 e. The van der Waals surface area contributed by atoms with Gasteiger partial charge in [0.05, 0.1) is 0 Å². The summed E-state index contributed by atoms with van der Waals surface area (Å²) in [7, 11) is 1.66. The molecule has 0 aromatic rings. The van der Waals surface area contributed by atoms with Gasteiger partial charge in [0.15, 0.2) is 0 Å². The molecule has 0 aliphatic heterocycles. The lowest BCUT2D eigenvalue weighted by atomic mass is 10.3. The first kappa shape index (κ1) is 14.4. The van der Waals surface area contributed by atoms with E-state index in [1.54, 1.807) is 7.05 Å². The number of amides is 1. The molecule has 1 amide bonds. The van der Waals surface area contributed by atoms with E-state index in [2.05, 4.69) is 17.6 Å². The van der Waals surface area contributed by atoms with Crippen LogP contribution in [0.4, 0.5) is 0 Å². The molecule has 0 unspecified atom stereocenters. The topological polar surface area (TPSA) is 50.4 Å². The van der Waals surface area contributed by atoms with E-state index in [1.807, 2.05) is 0 Å². The lowest BCUT2D eigenvalue weighted by Gasteiger charge is -2.05. The lowest BCUT2D eigenvalue weighted by Crippen LogP contribution is -2.25. The molecule has 0 saturated heterocycles. The first-order chi connectivity index (χ1) is 7.31. The summed E-state index contributed by atoms with van der Waals surface area (Å²) in [6, 6.07) is 0. The van der Waals surface area contributed by atoms with Gasteiger partial charge in [-0.05, 0) is 19.4 Å². The van der Waals surface area contributed by atoms with Crippen molar-refractivity contribution in [3.63, 3.8) is 0 Å². The highest BCUT2D eigenvalue weighted by Gasteiger charge is 1.95. The molecule has 0 aromatic heterocycles. The van der Waals surface area contributed by atoms with Gasteiger partial charge < -0.3 is 15.4 Å². The van der Waals surface area contributed by atoms with E-state index in [0.29, 0.717) is 6.42 Å². The Balaban J connectivity index is 2.95. The van der Waals surface area contributed by atoms with Crippen LogP contribution in [0.2, 0.25) is 0 Å². The summed E-state index contributed by atoms with van der Waals surface area (Å²) < 4.78 is 5.40. The maximum Gasteiger partial charge on any atom is 0.221 e. The van der Waals surface area contributed by atoms with Crippen molar-refractivity contribution in [3.05, 3.63) is 0 Å². The number of rotatable bonds is 10. The Kier molecular flexibility index (Phi) is 11.0. The van der Waals surface area contributed by atoms with E-state index in [-0.39, 0.29) is 5.91 Å². The molecule has 15 heavy (non-hydrogen) atoms. The minimum Gasteiger partial charge on any atom is -0.381 e. The highest BCUT2D eigenvalue weighted by molar-refractivity contribution is 5.75. The average molecular weight is 216 g/mol. The Bertz CT molecular complexity index is 152. The fraction of sp³-hybridized carbons (Fsp3) is 0.909. The van der Waals surface area contributed by atoms with E-state index < -0.39 is 0 Å². The van der Waals surface area contributed by atoms with E-state index >= 15 is 0 Å². The molecule has 0 saturated carbocycles. The van der Waals surface area contributed by atoms with Crippen LogP contribution in [0.25, 0.3) is 0 Å². The first-order valence-electron chi connectivity index (χ1n) is 5.80. The number of carbonyl (C=O) groups is 1. The normalized spacial score (nSPS) is 10.3. The van der Waals surface area contributed by atoms with Crippen molar-refractivity contribution in [3.8, 4) is 0 Å². The third kappa shape index (κ3) is 11.3. The van der Waals surface area contributed by atoms with Gasteiger partial charge in [-0.15, -0.1) is 0 Å². The third-order valence-electron chi connectivity index (χ3n) is 2.09. The number of carbonyl (C=O) groups excluding carboxylic acids is 1. The van der Waals surface area contributed by atoms with Gasteiger partial charge in [-0.3, -0.25) is 4.79 Å². The number of hydrogen-bond acceptors (Lipinski definition) is 3. The van der Waals surface area contributed by atoms with Crippen molar-refractivity contribution in [2.75, 3.05) is 33.4 Å². The van der Waals surface area contributed by atoms with Gasteiger partial charge in [0, 0.05) is 33.2 Å². The van der Waals surface area contributed by atoms with Crippen LogP contribution in [-0.2, 0) is 9.53 Å². The number of hydrogen-bond donors (Lipinski definition) is 2. The second-order valence-electron chi connectivity index (χ2n) is 3.49. The molecule has 4 heteroatoms. The van der Waals surface area contributed by atoms with Crippen LogP contribution < -0.4 is 10.6 Å². The molecule has 0 aliphatic rings.